The maximum absolute atomic E-state index is 12.9. The van der Waals surface area contributed by atoms with E-state index in [1.165, 1.54) is 16.9 Å². The predicted octanol–water partition coefficient (Wildman–Crippen LogP) is 5.37. The first kappa shape index (κ1) is 21.2. The summed E-state index contributed by atoms with van der Waals surface area (Å²) in [5.74, 6) is 0.268. The third-order valence-electron chi connectivity index (χ3n) is 6.14. The Morgan fingerprint density at radius 1 is 1.00 bits per heavy atom. The van der Waals surface area contributed by atoms with Crippen LogP contribution in [-0.2, 0) is 0 Å². The molecule has 0 bridgehead atoms. The fourth-order valence-electron chi connectivity index (χ4n) is 4.33. The Kier molecular flexibility index (Phi) is 5.35. The van der Waals surface area contributed by atoms with Crippen molar-refractivity contribution in [1.82, 2.24) is 19.9 Å². The van der Waals surface area contributed by atoms with Gasteiger partial charge in [0.15, 0.2) is 5.65 Å². The van der Waals surface area contributed by atoms with Crippen LogP contribution in [0.25, 0.3) is 16.9 Å². The largest absolute Gasteiger partial charge is 0.334 e. The summed E-state index contributed by atoms with van der Waals surface area (Å²) < 4.78 is 1.66. The molecule has 0 unspecified atom stereocenters. The van der Waals surface area contributed by atoms with Crippen LogP contribution < -0.4 is 10.6 Å². The van der Waals surface area contributed by atoms with Gasteiger partial charge in [0.05, 0.1) is 22.3 Å². The fourth-order valence-corrected chi connectivity index (χ4v) is 5.00. The number of ketones is 1. The molecule has 1 aliphatic rings. The quantitative estimate of drug-likeness (QED) is 0.321. The van der Waals surface area contributed by atoms with E-state index < -0.39 is 0 Å². The number of anilines is 1. The smallest absolute Gasteiger partial charge is 0.319 e. The molecule has 1 aliphatic carbocycles. The predicted molar refractivity (Wildman–Crippen MR) is 136 cm³/mol. The van der Waals surface area contributed by atoms with Crippen molar-refractivity contribution in [3.63, 3.8) is 0 Å². The Labute approximate surface area is 205 Å². The number of hydrogen-bond donors (Lipinski definition) is 2. The molecule has 0 saturated heterocycles. The third kappa shape index (κ3) is 4.20. The second-order valence-electron chi connectivity index (χ2n) is 8.47. The highest BCUT2D eigenvalue weighted by molar-refractivity contribution is 7.12. The number of hydrogen-bond acceptors (Lipinski definition) is 5. The van der Waals surface area contributed by atoms with Crippen LogP contribution in [0.1, 0.15) is 33.1 Å². The van der Waals surface area contributed by atoms with Crippen LogP contribution in [-0.4, -0.2) is 32.5 Å². The molecule has 3 aromatic heterocycles. The Morgan fingerprint density at radius 3 is 2.71 bits per heavy atom. The number of benzene rings is 2. The molecule has 35 heavy (non-hydrogen) atoms. The number of carbonyl (C=O) groups excluding carboxylic acids is 2. The van der Waals surface area contributed by atoms with Gasteiger partial charge in [-0.15, -0.1) is 11.3 Å². The van der Waals surface area contributed by atoms with Gasteiger partial charge in [0.25, 0.3) is 0 Å². The molecule has 0 radical (unpaired) electrons. The first-order valence-corrected chi connectivity index (χ1v) is 12.2. The fraction of sp³-hybridized carbons (Fsp3) is 0.111. The molecule has 3 heterocycles. The molecule has 2 N–H and O–H groups in total. The zero-order valence-corrected chi connectivity index (χ0v) is 19.4. The van der Waals surface area contributed by atoms with Gasteiger partial charge in [-0.05, 0) is 41.6 Å². The maximum atomic E-state index is 12.9. The molecule has 6 rings (SSSR count). The van der Waals surface area contributed by atoms with Crippen LogP contribution in [0.3, 0.4) is 0 Å². The highest BCUT2D eigenvalue weighted by atomic mass is 32.1. The van der Waals surface area contributed by atoms with Crippen molar-refractivity contribution in [2.75, 3.05) is 5.32 Å². The van der Waals surface area contributed by atoms with Gasteiger partial charge in [-0.2, -0.15) is 5.10 Å². The van der Waals surface area contributed by atoms with E-state index in [9.17, 15) is 9.59 Å². The standard InChI is InChI=1S/C27H21N5O2S/c33-25(24-10-5-13-35-24)21-16-29-32-23(11-12-28-26(21)32)18-8-4-9-19(14-18)30-27(34)31-22-15-20(22)17-6-2-1-3-7-17/h1-14,16,20,22H,15H2,(H2,30,31,34)/t20-,22+/m1/s1. The Balaban J connectivity index is 1.20. The molecule has 172 valence electrons. The average Bonchev–Trinajstić information content (AvgIpc) is 3.25. The lowest BCUT2D eigenvalue weighted by molar-refractivity contribution is 0.104. The zero-order valence-electron chi connectivity index (χ0n) is 18.6. The Bertz CT molecular complexity index is 1530. The van der Waals surface area contributed by atoms with Gasteiger partial charge in [-0.3, -0.25) is 4.79 Å². The number of carbonyl (C=O) groups is 2. The molecule has 7 nitrogen and oxygen atoms in total. The highest BCUT2D eigenvalue weighted by Gasteiger charge is 2.39. The summed E-state index contributed by atoms with van der Waals surface area (Å²) in [6.45, 7) is 0. The zero-order chi connectivity index (χ0) is 23.8. The van der Waals surface area contributed by atoms with E-state index in [1.807, 2.05) is 60.0 Å². The number of nitrogens with one attached hydrogen (secondary N) is 2. The van der Waals surface area contributed by atoms with E-state index >= 15 is 0 Å². The summed E-state index contributed by atoms with van der Waals surface area (Å²) in [6, 6.07) is 23.2. The van der Waals surface area contributed by atoms with Crippen LogP contribution >= 0.6 is 11.3 Å². The summed E-state index contributed by atoms with van der Waals surface area (Å²) in [5.41, 5.74) is 4.50. The molecular weight excluding hydrogens is 458 g/mol. The lowest BCUT2D eigenvalue weighted by atomic mass is 10.1. The van der Waals surface area contributed by atoms with Gasteiger partial charge in [0.2, 0.25) is 5.78 Å². The van der Waals surface area contributed by atoms with Crippen molar-refractivity contribution < 1.29 is 9.59 Å². The van der Waals surface area contributed by atoms with Gasteiger partial charge in [-0.25, -0.2) is 14.3 Å². The second-order valence-corrected chi connectivity index (χ2v) is 9.42. The number of fused-ring (bicyclic) bond motifs is 1. The monoisotopic (exact) mass is 479 g/mol. The molecule has 1 saturated carbocycles. The first-order valence-electron chi connectivity index (χ1n) is 11.3. The van der Waals surface area contributed by atoms with Crippen molar-refractivity contribution in [3.05, 3.63) is 107 Å². The minimum Gasteiger partial charge on any atom is -0.334 e. The molecule has 8 heteroatoms. The number of amides is 2. The summed E-state index contributed by atoms with van der Waals surface area (Å²) in [4.78, 5) is 30.5. The maximum Gasteiger partial charge on any atom is 0.319 e. The minimum absolute atomic E-state index is 0.0966. The number of rotatable bonds is 6. The molecule has 0 aliphatic heterocycles. The van der Waals surface area contributed by atoms with Crippen LogP contribution in [0.15, 0.2) is 90.6 Å². The Hall–Kier alpha value is -4.30. The lowest BCUT2D eigenvalue weighted by Crippen LogP contribution is -2.31. The summed E-state index contributed by atoms with van der Waals surface area (Å²) in [7, 11) is 0. The van der Waals surface area contributed by atoms with Crippen LogP contribution in [0.2, 0.25) is 0 Å². The van der Waals surface area contributed by atoms with Gasteiger partial charge in [-0.1, -0.05) is 48.5 Å². The molecule has 5 aromatic rings. The SMILES string of the molecule is O=C(Nc1cccc(-c2ccnc3c(C(=O)c4cccs4)cnn23)c1)N[C@H]1C[C@@H]1c1ccccc1. The van der Waals surface area contributed by atoms with Gasteiger partial charge < -0.3 is 10.6 Å². The van der Waals surface area contributed by atoms with Crippen LogP contribution in [0.4, 0.5) is 10.5 Å². The van der Waals surface area contributed by atoms with E-state index in [2.05, 4.69) is 32.8 Å². The highest BCUT2D eigenvalue weighted by Crippen LogP contribution is 2.40. The second kappa shape index (κ2) is 8.81. The van der Waals surface area contributed by atoms with E-state index in [0.29, 0.717) is 27.7 Å². The molecule has 1 fully saturated rings. The minimum atomic E-state index is -0.228. The topological polar surface area (TPSA) is 88.4 Å². The molecular formula is C27H21N5O2S. The van der Waals surface area contributed by atoms with E-state index in [4.69, 9.17) is 0 Å². The summed E-state index contributed by atoms with van der Waals surface area (Å²) in [6.07, 6.45) is 4.17. The summed E-state index contributed by atoms with van der Waals surface area (Å²) >= 11 is 1.39. The van der Waals surface area contributed by atoms with E-state index in [1.54, 1.807) is 23.0 Å². The lowest BCUT2D eigenvalue weighted by Gasteiger charge is -2.10. The first-order chi connectivity index (χ1) is 17.2. The van der Waals surface area contributed by atoms with Gasteiger partial charge >= 0.3 is 6.03 Å². The van der Waals surface area contributed by atoms with Crippen LogP contribution in [0.5, 0.6) is 0 Å². The number of aromatic nitrogens is 3. The number of thiophene rings is 1. The van der Waals surface area contributed by atoms with Crippen LogP contribution in [0, 0.1) is 0 Å². The van der Waals surface area contributed by atoms with Crippen molar-refractivity contribution >= 4 is 34.5 Å². The molecule has 0 spiro atoms. The average molecular weight is 480 g/mol. The number of urea groups is 1. The van der Waals surface area contributed by atoms with Gasteiger partial charge in [0, 0.05) is 29.4 Å². The molecule has 2 amide bonds. The van der Waals surface area contributed by atoms with E-state index in [0.717, 1.165) is 17.7 Å². The van der Waals surface area contributed by atoms with Crippen molar-refractivity contribution in [3.8, 4) is 11.3 Å². The molecule has 2 aromatic carbocycles. The summed E-state index contributed by atoms with van der Waals surface area (Å²) in [5, 5.41) is 12.3. The Morgan fingerprint density at radius 2 is 1.89 bits per heavy atom. The van der Waals surface area contributed by atoms with E-state index in [-0.39, 0.29) is 17.9 Å². The van der Waals surface area contributed by atoms with Crippen molar-refractivity contribution in [2.45, 2.75) is 18.4 Å². The normalized spacial score (nSPS) is 16.7. The van der Waals surface area contributed by atoms with Crippen molar-refractivity contribution in [2.24, 2.45) is 0 Å². The number of nitrogens with zero attached hydrogens (tertiary/aromatic N) is 3. The molecule has 2 atom stereocenters. The van der Waals surface area contributed by atoms with Crippen molar-refractivity contribution in [1.29, 1.82) is 0 Å². The third-order valence-corrected chi connectivity index (χ3v) is 7.01. The van der Waals surface area contributed by atoms with Gasteiger partial charge in [0.1, 0.15) is 0 Å².